The summed E-state index contributed by atoms with van der Waals surface area (Å²) in [6, 6.07) is 7.89. The first kappa shape index (κ1) is 24.5. The van der Waals surface area contributed by atoms with Crippen molar-refractivity contribution >= 4 is 17.3 Å². The predicted octanol–water partition coefficient (Wildman–Crippen LogP) is 5.12. The highest BCUT2D eigenvalue weighted by atomic mass is 16.5. The van der Waals surface area contributed by atoms with E-state index in [1.807, 2.05) is 50.1 Å². The van der Waals surface area contributed by atoms with Gasteiger partial charge in [0, 0.05) is 23.7 Å². The molecule has 0 bridgehead atoms. The third kappa shape index (κ3) is 3.89. The van der Waals surface area contributed by atoms with Crippen molar-refractivity contribution in [2.75, 3.05) is 44.9 Å². The molecule has 2 heterocycles. The van der Waals surface area contributed by atoms with Gasteiger partial charge in [0.1, 0.15) is 18.2 Å². The Bertz CT molecular complexity index is 1230. The molecule has 2 aromatic carbocycles. The molecule has 1 saturated carbocycles. The molecule has 192 valence electrons. The lowest BCUT2D eigenvalue weighted by molar-refractivity contribution is 0.0943. The second-order valence-corrected chi connectivity index (χ2v) is 11.0. The van der Waals surface area contributed by atoms with E-state index in [2.05, 4.69) is 25.7 Å². The average Bonchev–Trinajstić information content (AvgIpc) is 3.60. The summed E-state index contributed by atoms with van der Waals surface area (Å²) in [5.74, 6) is 2.63. The first-order chi connectivity index (χ1) is 17.1. The molecule has 2 aliphatic heterocycles. The van der Waals surface area contributed by atoms with Crippen LogP contribution in [0.4, 0.5) is 5.69 Å². The monoisotopic (exact) mass is 491 g/mol. The van der Waals surface area contributed by atoms with Crippen LogP contribution in [0.5, 0.6) is 17.2 Å². The fourth-order valence-electron chi connectivity index (χ4n) is 5.48. The lowest BCUT2D eigenvalue weighted by Crippen LogP contribution is -2.38. The van der Waals surface area contributed by atoms with E-state index in [9.17, 15) is 4.79 Å². The van der Waals surface area contributed by atoms with E-state index in [-0.39, 0.29) is 23.3 Å². The molecule has 1 N–H and O–H groups in total. The van der Waals surface area contributed by atoms with Gasteiger partial charge in [-0.15, -0.1) is 0 Å². The molecule has 0 atom stereocenters. The predicted molar refractivity (Wildman–Crippen MR) is 141 cm³/mol. The number of anilines is 1. The van der Waals surface area contributed by atoms with E-state index >= 15 is 0 Å². The van der Waals surface area contributed by atoms with Gasteiger partial charge >= 0.3 is 0 Å². The van der Waals surface area contributed by atoms with Gasteiger partial charge < -0.3 is 24.0 Å². The maximum atomic E-state index is 13.8. The zero-order valence-corrected chi connectivity index (χ0v) is 22.3. The number of hydrogen-bond acceptors (Lipinski definition) is 6. The number of ketones is 1. The standard InChI is InChI=1S/C29H37N3O4/c1-7-34-24-15-19-20(16-25(24)35-8-2)29(9-10-29)32(27(19)30)17-23(33)18-13-21(28(3,4)5)26-22(14-18)31(6)11-12-36-26/h13-16,30H,7-12,17H2,1-6H3. The molecule has 1 spiro atoms. The maximum Gasteiger partial charge on any atom is 0.182 e. The molecule has 0 saturated heterocycles. The summed E-state index contributed by atoms with van der Waals surface area (Å²) in [5, 5.41) is 9.01. The normalized spacial score (nSPS) is 17.6. The van der Waals surface area contributed by atoms with Crippen LogP contribution in [0.15, 0.2) is 24.3 Å². The minimum atomic E-state index is -0.306. The summed E-state index contributed by atoms with van der Waals surface area (Å²) in [4.78, 5) is 17.9. The summed E-state index contributed by atoms with van der Waals surface area (Å²) in [7, 11) is 2.04. The highest BCUT2D eigenvalue weighted by Crippen LogP contribution is 2.58. The molecule has 0 amide bonds. The number of fused-ring (bicyclic) bond motifs is 3. The lowest BCUT2D eigenvalue weighted by atomic mass is 9.84. The van der Waals surface area contributed by atoms with Gasteiger partial charge in [-0.1, -0.05) is 20.8 Å². The van der Waals surface area contributed by atoms with E-state index in [1.54, 1.807) is 0 Å². The molecule has 0 aromatic heterocycles. The van der Waals surface area contributed by atoms with Crippen LogP contribution in [0.2, 0.25) is 0 Å². The highest BCUT2D eigenvalue weighted by Gasteiger charge is 2.57. The molecule has 2 aromatic rings. The van der Waals surface area contributed by atoms with Crippen molar-refractivity contribution in [2.45, 2.75) is 58.4 Å². The third-order valence-corrected chi connectivity index (χ3v) is 7.54. The number of benzene rings is 2. The second kappa shape index (κ2) is 8.71. The van der Waals surface area contributed by atoms with Gasteiger partial charge in [0.25, 0.3) is 0 Å². The summed E-state index contributed by atoms with van der Waals surface area (Å²) < 4.78 is 17.8. The molecule has 36 heavy (non-hydrogen) atoms. The molecule has 0 unspecified atom stereocenters. The van der Waals surface area contributed by atoms with Crippen LogP contribution >= 0.6 is 0 Å². The van der Waals surface area contributed by atoms with Crippen LogP contribution in [0, 0.1) is 5.41 Å². The molecule has 1 fully saturated rings. The van der Waals surface area contributed by atoms with Crippen LogP contribution in [-0.4, -0.2) is 56.5 Å². The SMILES string of the molecule is CCOc1cc2c(cc1OCC)C1(CC1)N(CC(=O)c1cc3c(c(C(C)(C)C)c1)OCCN3C)C2=N. The number of nitrogens with zero attached hydrogens (tertiary/aromatic N) is 2. The van der Waals surface area contributed by atoms with Gasteiger partial charge in [0.05, 0.1) is 37.5 Å². The van der Waals surface area contributed by atoms with Crippen molar-refractivity contribution in [1.29, 1.82) is 5.41 Å². The van der Waals surface area contributed by atoms with E-state index in [4.69, 9.17) is 19.6 Å². The fourth-order valence-corrected chi connectivity index (χ4v) is 5.48. The van der Waals surface area contributed by atoms with Crippen LogP contribution < -0.4 is 19.1 Å². The third-order valence-electron chi connectivity index (χ3n) is 7.54. The largest absolute Gasteiger partial charge is 0.490 e. The Morgan fingerprint density at radius 2 is 1.75 bits per heavy atom. The molecule has 5 rings (SSSR count). The number of hydrogen-bond donors (Lipinski definition) is 1. The minimum Gasteiger partial charge on any atom is -0.490 e. The zero-order chi connectivity index (χ0) is 25.8. The zero-order valence-electron chi connectivity index (χ0n) is 22.3. The van der Waals surface area contributed by atoms with Gasteiger partial charge in [-0.25, -0.2) is 0 Å². The number of carbonyl (C=O) groups is 1. The Hall–Kier alpha value is -3.22. The Labute approximate surface area is 213 Å². The Balaban J connectivity index is 1.49. The number of ether oxygens (including phenoxy) is 3. The van der Waals surface area contributed by atoms with Gasteiger partial charge in [-0.3, -0.25) is 10.2 Å². The van der Waals surface area contributed by atoms with Crippen LogP contribution in [0.3, 0.4) is 0 Å². The summed E-state index contributed by atoms with van der Waals surface area (Å²) in [6.45, 7) is 13.0. The van der Waals surface area contributed by atoms with Crippen molar-refractivity contribution in [3.8, 4) is 17.2 Å². The molecule has 0 radical (unpaired) electrons. The Kier molecular flexibility index (Phi) is 5.92. The first-order valence-electron chi connectivity index (χ1n) is 13.0. The Morgan fingerprint density at radius 1 is 1.08 bits per heavy atom. The van der Waals surface area contributed by atoms with Crippen LogP contribution in [0.25, 0.3) is 0 Å². The summed E-state index contributed by atoms with van der Waals surface area (Å²) in [5.41, 5.74) is 4.10. The van der Waals surface area contributed by atoms with E-state index < -0.39 is 0 Å². The number of Topliss-reactive ketones (excluding diaryl/α,β-unsaturated/α-hetero) is 1. The van der Waals surface area contributed by atoms with Gasteiger partial charge in [0.15, 0.2) is 17.3 Å². The average molecular weight is 492 g/mol. The van der Waals surface area contributed by atoms with Crippen molar-refractivity contribution in [3.05, 3.63) is 46.5 Å². The summed E-state index contributed by atoms with van der Waals surface area (Å²) >= 11 is 0. The fraction of sp³-hybridized carbons (Fsp3) is 0.517. The molecular weight excluding hydrogens is 454 g/mol. The molecule has 7 heteroatoms. The quantitative estimate of drug-likeness (QED) is 0.542. The molecular formula is C29H37N3O4. The number of amidine groups is 1. The Morgan fingerprint density at radius 3 is 2.36 bits per heavy atom. The van der Waals surface area contributed by atoms with Crippen molar-refractivity contribution < 1.29 is 19.0 Å². The number of carbonyl (C=O) groups excluding carboxylic acids is 1. The van der Waals surface area contributed by atoms with Gasteiger partial charge in [-0.2, -0.15) is 0 Å². The minimum absolute atomic E-state index is 0.0150. The van der Waals surface area contributed by atoms with E-state index in [0.29, 0.717) is 42.7 Å². The van der Waals surface area contributed by atoms with Crippen molar-refractivity contribution in [2.24, 2.45) is 0 Å². The van der Waals surface area contributed by atoms with Crippen LogP contribution in [0.1, 0.15) is 74.5 Å². The smallest absolute Gasteiger partial charge is 0.182 e. The summed E-state index contributed by atoms with van der Waals surface area (Å²) in [6.07, 6.45) is 1.84. The lowest BCUT2D eigenvalue weighted by Gasteiger charge is -2.33. The molecule has 7 nitrogen and oxygen atoms in total. The van der Waals surface area contributed by atoms with Gasteiger partial charge in [0.2, 0.25) is 0 Å². The van der Waals surface area contributed by atoms with E-state index in [1.165, 1.54) is 0 Å². The first-order valence-corrected chi connectivity index (χ1v) is 13.0. The van der Waals surface area contributed by atoms with Gasteiger partial charge in [-0.05, 0) is 61.9 Å². The number of rotatable bonds is 7. The second-order valence-electron chi connectivity index (χ2n) is 11.0. The van der Waals surface area contributed by atoms with E-state index in [0.717, 1.165) is 47.5 Å². The number of nitrogens with one attached hydrogen (secondary N) is 1. The molecule has 1 aliphatic carbocycles. The topological polar surface area (TPSA) is 75.1 Å². The number of likely N-dealkylation sites (N-methyl/N-ethyl adjacent to an activating group) is 1. The van der Waals surface area contributed by atoms with Crippen LogP contribution in [-0.2, 0) is 11.0 Å². The maximum absolute atomic E-state index is 13.8. The highest BCUT2D eigenvalue weighted by molar-refractivity contribution is 6.07. The molecule has 3 aliphatic rings. The van der Waals surface area contributed by atoms with Crippen molar-refractivity contribution in [3.63, 3.8) is 0 Å². The van der Waals surface area contributed by atoms with Crippen molar-refractivity contribution in [1.82, 2.24) is 4.90 Å².